The van der Waals surface area contributed by atoms with Gasteiger partial charge in [0.2, 0.25) is 5.91 Å². The van der Waals surface area contributed by atoms with E-state index < -0.39 is 0 Å². The molecule has 1 amide bonds. The molecule has 0 bridgehead atoms. The number of nitrogens with zero attached hydrogens (tertiary/aromatic N) is 1. The molecule has 1 heterocycles. The van der Waals surface area contributed by atoms with Gasteiger partial charge in [0.15, 0.2) is 0 Å². The van der Waals surface area contributed by atoms with Crippen LogP contribution in [0.3, 0.4) is 0 Å². The molecule has 1 aliphatic heterocycles. The molecule has 2 atom stereocenters. The Morgan fingerprint density at radius 3 is 2.21 bits per heavy atom. The summed E-state index contributed by atoms with van der Waals surface area (Å²) in [6, 6.07) is 25.4. The number of benzene rings is 3. The molecule has 1 aliphatic rings. The van der Waals surface area contributed by atoms with E-state index in [1.54, 1.807) is 0 Å². The van der Waals surface area contributed by atoms with Gasteiger partial charge in [0.25, 0.3) is 0 Å². The summed E-state index contributed by atoms with van der Waals surface area (Å²) in [5, 5.41) is 0.658. The zero-order chi connectivity index (χ0) is 19.5. The van der Waals surface area contributed by atoms with Crippen molar-refractivity contribution in [2.45, 2.75) is 25.3 Å². The molecule has 4 heteroatoms. The average molecular weight is 392 g/mol. The van der Waals surface area contributed by atoms with Crippen molar-refractivity contribution >= 4 is 23.2 Å². The quantitative estimate of drug-likeness (QED) is 0.482. The van der Waals surface area contributed by atoms with Gasteiger partial charge in [0, 0.05) is 10.7 Å². The minimum absolute atomic E-state index is 0.0590. The fourth-order valence-electron chi connectivity index (χ4n) is 3.69. The maximum atomic E-state index is 13.1. The minimum Gasteiger partial charge on any atom is -0.494 e. The largest absolute Gasteiger partial charge is 0.494 e. The third kappa shape index (κ3) is 3.50. The maximum absolute atomic E-state index is 13.1. The van der Waals surface area contributed by atoms with Crippen LogP contribution in [0.1, 0.15) is 36.4 Å². The van der Waals surface area contributed by atoms with Crippen molar-refractivity contribution in [1.29, 1.82) is 0 Å². The Morgan fingerprint density at radius 1 is 0.893 bits per heavy atom. The van der Waals surface area contributed by atoms with Gasteiger partial charge in [-0.3, -0.25) is 4.79 Å². The Bertz CT molecular complexity index is 939. The summed E-state index contributed by atoms with van der Waals surface area (Å²) in [5.41, 5.74) is 2.99. The second-order valence-electron chi connectivity index (χ2n) is 6.94. The van der Waals surface area contributed by atoms with Gasteiger partial charge in [-0.2, -0.15) is 0 Å². The SMILES string of the molecule is CCCOc1ccc(C2C(c3ccccc3)C(=O)N2c2ccc(Cl)cc2)cc1. The Balaban J connectivity index is 1.69. The van der Waals surface area contributed by atoms with Crippen molar-refractivity contribution in [2.75, 3.05) is 11.5 Å². The number of hydrogen-bond acceptors (Lipinski definition) is 2. The predicted octanol–water partition coefficient (Wildman–Crippen LogP) is 6.00. The second-order valence-corrected chi connectivity index (χ2v) is 7.37. The molecule has 3 aromatic carbocycles. The first kappa shape index (κ1) is 18.6. The van der Waals surface area contributed by atoms with Gasteiger partial charge >= 0.3 is 0 Å². The van der Waals surface area contributed by atoms with Gasteiger partial charge in [-0.05, 0) is 53.9 Å². The second kappa shape index (κ2) is 8.07. The molecule has 0 saturated carbocycles. The summed E-state index contributed by atoms with van der Waals surface area (Å²) in [7, 11) is 0. The van der Waals surface area contributed by atoms with Crippen LogP contribution >= 0.6 is 11.6 Å². The molecule has 1 saturated heterocycles. The van der Waals surface area contributed by atoms with E-state index in [4.69, 9.17) is 16.3 Å². The van der Waals surface area contributed by atoms with Crippen LogP contribution in [-0.2, 0) is 4.79 Å². The van der Waals surface area contributed by atoms with E-state index in [1.165, 1.54) is 0 Å². The fraction of sp³-hybridized carbons (Fsp3) is 0.208. The molecule has 2 unspecified atom stereocenters. The van der Waals surface area contributed by atoms with E-state index in [0.717, 1.165) is 29.0 Å². The highest BCUT2D eigenvalue weighted by Crippen LogP contribution is 2.49. The molecule has 3 aromatic rings. The number of anilines is 1. The van der Waals surface area contributed by atoms with Crippen molar-refractivity contribution in [3.63, 3.8) is 0 Å². The van der Waals surface area contributed by atoms with Crippen LogP contribution in [0.15, 0.2) is 78.9 Å². The molecule has 0 radical (unpaired) electrons. The first-order chi connectivity index (χ1) is 13.7. The molecule has 142 valence electrons. The number of carbonyl (C=O) groups is 1. The number of halogens is 1. The summed E-state index contributed by atoms with van der Waals surface area (Å²) >= 11 is 6.03. The van der Waals surface area contributed by atoms with Crippen LogP contribution in [0.4, 0.5) is 5.69 Å². The maximum Gasteiger partial charge on any atom is 0.237 e. The van der Waals surface area contributed by atoms with Gasteiger partial charge in [-0.25, -0.2) is 0 Å². The predicted molar refractivity (Wildman–Crippen MR) is 113 cm³/mol. The molecule has 0 N–H and O–H groups in total. The zero-order valence-electron chi connectivity index (χ0n) is 15.7. The smallest absolute Gasteiger partial charge is 0.237 e. The Labute approximate surface area is 170 Å². The van der Waals surface area contributed by atoms with E-state index in [1.807, 2.05) is 71.6 Å². The van der Waals surface area contributed by atoms with Crippen LogP contribution in [0.25, 0.3) is 0 Å². The Morgan fingerprint density at radius 2 is 1.57 bits per heavy atom. The summed E-state index contributed by atoms with van der Waals surface area (Å²) < 4.78 is 5.70. The van der Waals surface area contributed by atoms with Crippen LogP contribution in [0.5, 0.6) is 5.75 Å². The molecule has 4 rings (SSSR count). The lowest BCUT2D eigenvalue weighted by atomic mass is 9.77. The fourth-order valence-corrected chi connectivity index (χ4v) is 3.81. The van der Waals surface area contributed by atoms with E-state index in [2.05, 4.69) is 19.1 Å². The highest BCUT2D eigenvalue weighted by atomic mass is 35.5. The van der Waals surface area contributed by atoms with Crippen molar-refractivity contribution in [2.24, 2.45) is 0 Å². The van der Waals surface area contributed by atoms with Gasteiger partial charge < -0.3 is 9.64 Å². The third-order valence-corrected chi connectivity index (χ3v) is 5.31. The molecule has 3 nitrogen and oxygen atoms in total. The van der Waals surface area contributed by atoms with Crippen LogP contribution in [0, 0.1) is 0 Å². The van der Waals surface area contributed by atoms with Crippen LogP contribution < -0.4 is 9.64 Å². The van der Waals surface area contributed by atoms with E-state index in [9.17, 15) is 4.79 Å². The van der Waals surface area contributed by atoms with Crippen molar-refractivity contribution in [3.8, 4) is 5.75 Å². The number of amides is 1. The first-order valence-electron chi connectivity index (χ1n) is 9.55. The number of carbonyl (C=O) groups excluding carboxylic acids is 1. The number of ether oxygens (including phenoxy) is 1. The lowest BCUT2D eigenvalue weighted by Gasteiger charge is -2.47. The lowest BCUT2D eigenvalue weighted by Crippen LogP contribution is -2.53. The zero-order valence-corrected chi connectivity index (χ0v) is 16.5. The Kier molecular flexibility index (Phi) is 5.36. The van der Waals surface area contributed by atoms with Gasteiger partial charge in [-0.1, -0.05) is 61.0 Å². The number of hydrogen-bond donors (Lipinski definition) is 0. The van der Waals surface area contributed by atoms with Gasteiger partial charge in [0.05, 0.1) is 18.6 Å². The molecule has 0 aromatic heterocycles. The summed E-state index contributed by atoms with van der Waals surface area (Å²) in [4.78, 5) is 15.0. The van der Waals surface area contributed by atoms with E-state index in [-0.39, 0.29) is 17.9 Å². The standard InChI is InChI=1S/C24H22ClNO2/c1-2-16-28-21-14-8-18(9-15-21)23-22(17-6-4-3-5-7-17)24(27)26(23)20-12-10-19(25)11-13-20/h3-15,22-23H,2,16H2,1H3. The molecular weight excluding hydrogens is 370 g/mol. The van der Waals surface area contributed by atoms with Crippen molar-refractivity contribution in [1.82, 2.24) is 0 Å². The van der Waals surface area contributed by atoms with E-state index in [0.29, 0.717) is 11.6 Å². The van der Waals surface area contributed by atoms with Gasteiger partial charge in [0.1, 0.15) is 5.75 Å². The van der Waals surface area contributed by atoms with Crippen LogP contribution in [-0.4, -0.2) is 12.5 Å². The molecule has 0 aliphatic carbocycles. The summed E-state index contributed by atoms with van der Waals surface area (Å²) in [6.07, 6.45) is 0.972. The Hall–Kier alpha value is -2.78. The highest BCUT2D eigenvalue weighted by Gasteiger charge is 2.49. The van der Waals surface area contributed by atoms with Crippen molar-refractivity contribution < 1.29 is 9.53 Å². The number of rotatable bonds is 6. The lowest BCUT2D eigenvalue weighted by molar-refractivity contribution is -0.126. The topological polar surface area (TPSA) is 29.5 Å². The monoisotopic (exact) mass is 391 g/mol. The molecule has 28 heavy (non-hydrogen) atoms. The number of β-lactam (4-membered cyclic amide) rings is 1. The summed E-state index contributed by atoms with van der Waals surface area (Å²) in [6.45, 7) is 2.79. The minimum atomic E-state index is -0.195. The normalized spacial score (nSPS) is 18.6. The molecule has 0 spiro atoms. The van der Waals surface area contributed by atoms with E-state index >= 15 is 0 Å². The molecular formula is C24H22ClNO2. The van der Waals surface area contributed by atoms with Gasteiger partial charge in [-0.15, -0.1) is 0 Å². The molecule has 1 fully saturated rings. The highest BCUT2D eigenvalue weighted by molar-refractivity contribution is 6.30. The third-order valence-electron chi connectivity index (χ3n) is 5.06. The first-order valence-corrected chi connectivity index (χ1v) is 9.93. The van der Waals surface area contributed by atoms with Crippen molar-refractivity contribution in [3.05, 3.63) is 95.0 Å². The average Bonchev–Trinajstić information content (AvgIpc) is 2.73. The summed E-state index contributed by atoms with van der Waals surface area (Å²) in [5.74, 6) is 0.759. The van der Waals surface area contributed by atoms with Crippen LogP contribution in [0.2, 0.25) is 5.02 Å².